The topological polar surface area (TPSA) is 48.4 Å². The Hall–Kier alpha value is -2.07. The first kappa shape index (κ1) is 14.3. The zero-order valence-electron chi connectivity index (χ0n) is 12.0. The summed E-state index contributed by atoms with van der Waals surface area (Å²) in [6, 6.07) is 12.3. The number of benzene rings is 1. The van der Waals surface area contributed by atoms with Gasteiger partial charge in [0, 0.05) is 20.1 Å². The van der Waals surface area contributed by atoms with Crippen molar-refractivity contribution < 1.29 is 5.11 Å². The third kappa shape index (κ3) is 3.71. The average molecular weight is 271 g/mol. The van der Waals surface area contributed by atoms with Crippen LogP contribution >= 0.6 is 0 Å². The van der Waals surface area contributed by atoms with Crippen molar-refractivity contribution in [1.82, 2.24) is 4.98 Å². The summed E-state index contributed by atoms with van der Waals surface area (Å²) in [5.74, 6) is 0.856. The number of aliphatic hydroxyl groups excluding tert-OH is 1. The highest BCUT2D eigenvalue weighted by Gasteiger charge is 2.02. The molecule has 0 fully saturated rings. The van der Waals surface area contributed by atoms with Crippen molar-refractivity contribution >= 4 is 11.5 Å². The molecule has 106 valence electrons. The molecule has 0 unspecified atom stereocenters. The minimum Gasteiger partial charge on any atom is -0.395 e. The van der Waals surface area contributed by atoms with E-state index in [0.29, 0.717) is 6.54 Å². The molecule has 0 radical (unpaired) electrons. The molecular formula is C16H21N3O. The van der Waals surface area contributed by atoms with Gasteiger partial charge in [0.2, 0.25) is 0 Å². The zero-order valence-corrected chi connectivity index (χ0v) is 12.0. The van der Waals surface area contributed by atoms with Crippen LogP contribution in [0.2, 0.25) is 0 Å². The lowest BCUT2D eigenvalue weighted by molar-refractivity contribution is 0.304. The lowest BCUT2D eigenvalue weighted by Gasteiger charge is -2.17. The number of hydrogen-bond donors (Lipinski definition) is 2. The average Bonchev–Trinajstić information content (AvgIpc) is 2.47. The van der Waals surface area contributed by atoms with Gasteiger partial charge >= 0.3 is 0 Å². The molecule has 0 saturated heterocycles. The number of hydrogen-bond acceptors (Lipinski definition) is 4. The fraction of sp³-hybridized carbons (Fsp3) is 0.312. The first-order valence-corrected chi connectivity index (χ1v) is 6.77. The Labute approximate surface area is 120 Å². The highest BCUT2D eigenvalue weighted by Crippen LogP contribution is 2.15. The van der Waals surface area contributed by atoms with E-state index >= 15 is 0 Å². The second-order valence-electron chi connectivity index (χ2n) is 4.83. The second kappa shape index (κ2) is 6.91. The Balaban J connectivity index is 1.96. The van der Waals surface area contributed by atoms with Crippen LogP contribution in [0.4, 0.5) is 11.5 Å². The normalized spacial score (nSPS) is 10.3. The summed E-state index contributed by atoms with van der Waals surface area (Å²) >= 11 is 0. The standard InChI is InChI=1S/C16H21N3O/c1-13-5-3-4-6-14(13)11-17-16-8-7-15(12-18-16)19(2)9-10-20/h3-8,12,20H,9-11H2,1-2H3,(H,17,18). The summed E-state index contributed by atoms with van der Waals surface area (Å²) in [4.78, 5) is 6.36. The predicted molar refractivity (Wildman–Crippen MR) is 83.1 cm³/mol. The van der Waals surface area contributed by atoms with E-state index in [4.69, 9.17) is 5.11 Å². The molecule has 2 aromatic rings. The van der Waals surface area contributed by atoms with E-state index in [1.165, 1.54) is 11.1 Å². The van der Waals surface area contributed by atoms with Crippen LogP contribution in [0.3, 0.4) is 0 Å². The van der Waals surface area contributed by atoms with Gasteiger partial charge in [-0.1, -0.05) is 24.3 Å². The van der Waals surface area contributed by atoms with E-state index in [2.05, 4.69) is 29.4 Å². The third-order valence-corrected chi connectivity index (χ3v) is 3.35. The smallest absolute Gasteiger partial charge is 0.126 e. The first-order valence-electron chi connectivity index (χ1n) is 6.77. The third-order valence-electron chi connectivity index (χ3n) is 3.35. The summed E-state index contributed by atoms with van der Waals surface area (Å²) in [6.07, 6.45) is 1.82. The summed E-state index contributed by atoms with van der Waals surface area (Å²) < 4.78 is 0. The molecule has 1 heterocycles. The molecule has 4 nitrogen and oxygen atoms in total. The number of rotatable bonds is 6. The highest BCUT2D eigenvalue weighted by atomic mass is 16.3. The van der Waals surface area contributed by atoms with E-state index in [-0.39, 0.29) is 6.61 Å². The van der Waals surface area contributed by atoms with E-state index in [0.717, 1.165) is 18.1 Å². The minimum absolute atomic E-state index is 0.143. The summed E-state index contributed by atoms with van der Waals surface area (Å²) in [7, 11) is 1.94. The fourth-order valence-corrected chi connectivity index (χ4v) is 1.99. The SMILES string of the molecule is Cc1ccccc1CNc1ccc(N(C)CCO)cn1. The Kier molecular flexibility index (Phi) is 4.96. The van der Waals surface area contributed by atoms with Crippen molar-refractivity contribution in [3.05, 3.63) is 53.7 Å². The molecule has 0 amide bonds. The number of aliphatic hydroxyl groups is 1. The lowest BCUT2D eigenvalue weighted by atomic mass is 10.1. The highest BCUT2D eigenvalue weighted by molar-refractivity contribution is 5.49. The van der Waals surface area contributed by atoms with Gasteiger partial charge in [-0.3, -0.25) is 0 Å². The maximum atomic E-state index is 8.91. The molecule has 1 aromatic carbocycles. The first-order chi connectivity index (χ1) is 9.70. The number of aryl methyl sites for hydroxylation is 1. The molecule has 4 heteroatoms. The van der Waals surface area contributed by atoms with Crippen molar-refractivity contribution in [2.45, 2.75) is 13.5 Å². The van der Waals surface area contributed by atoms with E-state index < -0.39 is 0 Å². The van der Waals surface area contributed by atoms with E-state index in [1.807, 2.05) is 42.4 Å². The molecule has 0 aliphatic carbocycles. The van der Waals surface area contributed by atoms with Crippen LogP contribution in [0.1, 0.15) is 11.1 Å². The Morgan fingerprint density at radius 1 is 1.20 bits per heavy atom. The number of anilines is 2. The Morgan fingerprint density at radius 3 is 2.65 bits per heavy atom. The van der Waals surface area contributed by atoms with Crippen molar-refractivity contribution in [1.29, 1.82) is 0 Å². The summed E-state index contributed by atoms with van der Waals surface area (Å²) in [6.45, 7) is 3.63. The summed E-state index contributed by atoms with van der Waals surface area (Å²) in [5, 5.41) is 12.2. The van der Waals surface area contributed by atoms with Crippen LogP contribution in [0, 0.1) is 6.92 Å². The predicted octanol–water partition coefficient (Wildman–Crippen LogP) is 2.43. The number of nitrogens with one attached hydrogen (secondary N) is 1. The van der Waals surface area contributed by atoms with E-state index in [9.17, 15) is 0 Å². The monoisotopic (exact) mass is 271 g/mol. The largest absolute Gasteiger partial charge is 0.395 e. The number of likely N-dealkylation sites (N-methyl/N-ethyl adjacent to an activating group) is 1. The van der Waals surface area contributed by atoms with Gasteiger partial charge in [0.05, 0.1) is 18.5 Å². The van der Waals surface area contributed by atoms with Gasteiger partial charge in [-0.05, 0) is 30.2 Å². The molecule has 0 bridgehead atoms. The maximum Gasteiger partial charge on any atom is 0.126 e. The molecule has 0 spiro atoms. The van der Waals surface area contributed by atoms with Gasteiger partial charge in [0.15, 0.2) is 0 Å². The Morgan fingerprint density at radius 2 is 2.00 bits per heavy atom. The lowest BCUT2D eigenvalue weighted by Crippen LogP contribution is -2.21. The van der Waals surface area contributed by atoms with Gasteiger partial charge in [-0.25, -0.2) is 4.98 Å². The zero-order chi connectivity index (χ0) is 14.4. The van der Waals surface area contributed by atoms with Crippen LogP contribution < -0.4 is 10.2 Å². The number of pyridine rings is 1. The fourth-order valence-electron chi connectivity index (χ4n) is 1.99. The van der Waals surface area contributed by atoms with Crippen LogP contribution in [-0.4, -0.2) is 30.3 Å². The summed E-state index contributed by atoms with van der Waals surface area (Å²) in [5.41, 5.74) is 3.55. The van der Waals surface area contributed by atoms with Gasteiger partial charge in [-0.2, -0.15) is 0 Å². The van der Waals surface area contributed by atoms with Crippen LogP contribution in [0.15, 0.2) is 42.6 Å². The quantitative estimate of drug-likeness (QED) is 0.847. The van der Waals surface area contributed by atoms with E-state index in [1.54, 1.807) is 0 Å². The van der Waals surface area contributed by atoms with Gasteiger partial charge in [-0.15, -0.1) is 0 Å². The van der Waals surface area contributed by atoms with Gasteiger partial charge < -0.3 is 15.3 Å². The Bertz CT molecular complexity index is 540. The van der Waals surface area contributed by atoms with Crippen molar-refractivity contribution in [3.63, 3.8) is 0 Å². The van der Waals surface area contributed by atoms with Gasteiger partial charge in [0.25, 0.3) is 0 Å². The van der Waals surface area contributed by atoms with Crippen molar-refractivity contribution in [2.24, 2.45) is 0 Å². The molecule has 20 heavy (non-hydrogen) atoms. The van der Waals surface area contributed by atoms with Crippen molar-refractivity contribution in [2.75, 3.05) is 30.4 Å². The van der Waals surface area contributed by atoms with Crippen LogP contribution in [-0.2, 0) is 6.54 Å². The molecule has 2 rings (SSSR count). The molecule has 0 aliphatic heterocycles. The van der Waals surface area contributed by atoms with Crippen LogP contribution in [0.5, 0.6) is 0 Å². The molecular weight excluding hydrogens is 250 g/mol. The molecule has 0 atom stereocenters. The minimum atomic E-state index is 0.143. The molecule has 1 aromatic heterocycles. The van der Waals surface area contributed by atoms with Crippen molar-refractivity contribution in [3.8, 4) is 0 Å². The number of aromatic nitrogens is 1. The maximum absolute atomic E-state index is 8.91. The second-order valence-corrected chi connectivity index (χ2v) is 4.83. The molecule has 0 saturated carbocycles. The molecule has 0 aliphatic rings. The number of nitrogens with zero attached hydrogens (tertiary/aromatic N) is 2. The van der Waals surface area contributed by atoms with Gasteiger partial charge in [0.1, 0.15) is 5.82 Å². The molecule has 2 N–H and O–H groups in total. The van der Waals surface area contributed by atoms with Crippen LogP contribution in [0.25, 0.3) is 0 Å².